The molecule has 0 unspecified atom stereocenters. The Morgan fingerprint density at radius 2 is 1.00 bits per heavy atom. The Kier molecular flexibility index (Phi) is 21.5. The summed E-state index contributed by atoms with van der Waals surface area (Å²) >= 11 is 0. The van der Waals surface area contributed by atoms with E-state index in [1.165, 1.54) is 0 Å². The van der Waals surface area contributed by atoms with Crippen molar-refractivity contribution in [2.75, 3.05) is 0 Å². The van der Waals surface area contributed by atoms with Crippen molar-refractivity contribution in [3.63, 3.8) is 0 Å². The molecule has 0 atom stereocenters. The Morgan fingerprint density at radius 1 is 1.00 bits per heavy atom. The van der Waals surface area contributed by atoms with Crippen LogP contribution in [0.1, 0.15) is 0 Å². The molecule has 0 spiro atoms. The van der Waals surface area contributed by atoms with E-state index in [1.807, 2.05) is 0 Å². The van der Waals surface area contributed by atoms with Crippen LogP contribution in [-0.2, 0) is 10.4 Å². The van der Waals surface area contributed by atoms with E-state index in [0.29, 0.717) is 0 Å². The molecule has 8 heavy (non-hydrogen) atoms. The predicted molar refractivity (Wildman–Crippen MR) is 29.7 cm³/mol. The van der Waals surface area contributed by atoms with E-state index in [9.17, 15) is 0 Å². The maximum absolute atomic E-state index is 8.52. The molecule has 0 aliphatic heterocycles. The SMILES string of the molecule is Cl.O=S(=O)([O-])[O-].[NH4+].[NH4+]. The van der Waals surface area contributed by atoms with Gasteiger partial charge in [0.2, 0.25) is 0 Å². The van der Waals surface area contributed by atoms with Crippen LogP contribution >= 0.6 is 12.4 Å². The molecule has 0 radical (unpaired) electrons. The van der Waals surface area contributed by atoms with E-state index >= 15 is 0 Å². The van der Waals surface area contributed by atoms with Crippen molar-refractivity contribution in [1.82, 2.24) is 12.3 Å². The van der Waals surface area contributed by atoms with Gasteiger partial charge in [0, 0.05) is 10.4 Å². The minimum atomic E-state index is -5.17. The Morgan fingerprint density at radius 3 is 1.00 bits per heavy atom. The third-order valence-electron chi connectivity index (χ3n) is 0. The molecule has 6 nitrogen and oxygen atoms in total. The van der Waals surface area contributed by atoms with Crippen LogP contribution in [0.4, 0.5) is 0 Å². The molecule has 0 fully saturated rings. The van der Waals surface area contributed by atoms with Gasteiger partial charge in [0.1, 0.15) is 0 Å². The molecule has 0 heterocycles. The van der Waals surface area contributed by atoms with Crippen molar-refractivity contribution in [1.29, 1.82) is 0 Å². The first-order valence-corrected chi connectivity index (χ1v) is 2.00. The summed E-state index contributed by atoms with van der Waals surface area (Å²) in [7, 11) is -5.17. The number of hydrogen-bond acceptors (Lipinski definition) is 4. The zero-order valence-corrected chi connectivity index (χ0v) is 6.08. The molecule has 0 aliphatic carbocycles. The molecular formula is H9ClN2O4S. The maximum atomic E-state index is 8.52. The first-order chi connectivity index (χ1) is 2.00. The molecule has 8 N–H and O–H groups in total. The van der Waals surface area contributed by atoms with Crippen LogP contribution in [0, 0.1) is 0 Å². The van der Waals surface area contributed by atoms with E-state index in [4.69, 9.17) is 17.5 Å². The fourth-order valence-corrected chi connectivity index (χ4v) is 0. The molecule has 8 heteroatoms. The van der Waals surface area contributed by atoms with Gasteiger partial charge < -0.3 is 21.4 Å². The monoisotopic (exact) mass is 168 g/mol. The second-order valence-electron chi connectivity index (χ2n) is 0.408. The summed E-state index contributed by atoms with van der Waals surface area (Å²) in [6.45, 7) is 0. The number of halogens is 1. The van der Waals surface area contributed by atoms with Gasteiger partial charge in [-0.3, -0.25) is 8.42 Å². The van der Waals surface area contributed by atoms with E-state index < -0.39 is 10.4 Å². The van der Waals surface area contributed by atoms with Crippen LogP contribution in [0.3, 0.4) is 0 Å². The van der Waals surface area contributed by atoms with Crippen molar-refractivity contribution in [2.24, 2.45) is 0 Å². The lowest BCUT2D eigenvalue weighted by Gasteiger charge is -2.06. The molecule has 0 saturated carbocycles. The normalized spacial score (nSPS) is 7.25. The summed E-state index contributed by atoms with van der Waals surface area (Å²) in [5.41, 5.74) is 0. The smallest absolute Gasteiger partial charge is 0.0311 e. The minimum absolute atomic E-state index is 0. The predicted octanol–water partition coefficient (Wildman–Crippen LogP) is -0.164. The van der Waals surface area contributed by atoms with Crippen LogP contribution in [0.2, 0.25) is 0 Å². The number of rotatable bonds is 0. The standard InChI is InChI=1S/ClH.2H3N.H2O4S/c;;;1-5(2,3)4/h1H;2*1H3;(H2,1,2,3,4). The van der Waals surface area contributed by atoms with Crippen molar-refractivity contribution < 1.29 is 17.5 Å². The quantitative estimate of drug-likeness (QED) is 0.381. The zero-order valence-electron chi connectivity index (χ0n) is 4.45. The summed E-state index contributed by atoms with van der Waals surface area (Å²) in [6.07, 6.45) is 0. The van der Waals surface area contributed by atoms with E-state index in [1.54, 1.807) is 0 Å². The van der Waals surface area contributed by atoms with Gasteiger partial charge in [0.25, 0.3) is 0 Å². The fourth-order valence-electron chi connectivity index (χ4n) is 0. The highest BCUT2D eigenvalue weighted by molar-refractivity contribution is 7.79. The Balaban J connectivity index is -0.0000000267. The van der Waals surface area contributed by atoms with Crippen molar-refractivity contribution in [3.05, 3.63) is 0 Å². The number of hydrogen-bond donors (Lipinski definition) is 2. The van der Waals surface area contributed by atoms with Gasteiger partial charge in [-0.2, -0.15) is 0 Å². The highest BCUT2D eigenvalue weighted by Crippen LogP contribution is 1.57. The van der Waals surface area contributed by atoms with Gasteiger partial charge in [-0.05, 0) is 0 Å². The van der Waals surface area contributed by atoms with Crippen molar-refractivity contribution in [2.45, 2.75) is 0 Å². The van der Waals surface area contributed by atoms with Crippen LogP contribution in [0.15, 0.2) is 0 Å². The van der Waals surface area contributed by atoms with Gasteiger partial charge >= 0.3 is 0 Å². The molecule has 0 bridgehead atoms. The number of quaternary nitrogens is 2. The summed E-state index contributed by atoms with van der Waals surface area (Å²) in [5, 5.41) is 0. The largest absolute Gasteiger partial charge is 0.759 e. The van der Waals surface area contributed by atoms with Gasteiger partial charge in [-0.15, -0.1) is 12.4 Å². The van der Waals surface area contributed by atoms with Gasteiger partial charge in [-0.25, -0.2) is 0 Å². The minimum Gasteiger partial charge on any atom is -0.759 e. The van der Waals surface area contributed by atoms with Crippen molar-refractivity contribution >= 4 is 22.8 Å². The van der Waals surface area contributed by atoms with Gasteiger partial charge in [0.05, 0.1) is 0 Å². The topological polar surface area (TPSA) is 153 Å². The van der Waals surface area contributed by atoms with Crippen LogP contribution in [0.5, 0.6) is 0 Å². The van der Waals surface area contributed by atoms with Crippen LogP contribution < -0.4 is 12.3 Å². The van der Waals surface area contributed by atoms with Crippen LogP contribution in [0.25, 0.3) is 0 Å². The Labute approximate surface area is 53.4 Å². The molecule has 0 saturated heterocycles. The average molecular weight is 169 g/mol. The van der Waals surface area contributed by atoms with Crippen molar-refractivity contribution in [3.8, 4) is 0 Å². The molecule has 0 aromatic carbocycles. The lowest BCUT2D eigenvalue weighted by molar-refractivity contribution is 0.352. The van der Waals surface area contributed by atoms with E-state index in [-0.39, 0.29) is 24.7 Å². The maximum Gasteiger partial charge on any atom is 0.0311 e. The summed E-state index contributed by atoms with van der Waals surface area (Å²) in [4.78, 5) is 0. The highest BCUT2D eigenvalue weighted by Gasteiger charge is 1.49. The Hall–Kier alpha value is 0.0800. The first-order valence-electron chi connectivity index (χ1n) is 0.667. The van der Waals surface area contributed by atoms with Gasteiger partial charge in [-0.1, -0.05) is 0 Å². The summed E-state index contributed by atoms with van der Waals surface area (Å²) in [5.74, 6) is 0. The highest BCUT2D eigenvalue weighted by atomic mass is 35.5. The average Bonchev–Trinajstić information content (AvgIpc) is 0.722. The molecule has 56 valence electrons. The fraction of sp³-hybridized carbons (Fsp3) is 0. The molecule has 0 amide bonds. The molecule has 0 aromatic rings. The first kappa shape index (κ1) is 24.3. The van der Waals surface area contributed by atoms with E-state index in [0.717, 1.165) is 0 Å². The van der Waals surface area contributed by atoms with Gasteiger partial charge in [0.15, 0.2) is 0 Å². The third-order valence-corrected chi connectivity index (χ3v) is 0. The molecule has 0 rings (SSSR count). The molecule has 0 aromatic heterocycles. The lowest BCUT2D eigenvalue weighted by atomic mass is 14.0. The second-order valence-corrected chi connectivity index (χ2v) is 1.22. The summed E-state index contributed by atoms with van der Waals surface area (Å²) in [6, 6.07) is 0. The second kappa shape index (κ2) is 7.08. The molecular weight excluding hydrogens is 160 g/mol. The summed E-state index contributed by atoms with van der Waals surface area (Å²) < 4.78 is 34.1. The lowest BCUT2D eigenvalue weighted by Crippen LogP contribution is -1.91. The third kappa shape index (κ3) is 24500. The van der Waals surface area contributed by atoms with Crippen LogP contribution in [-0.4, -0.2) is 17.5 Å². The molecule has 0 aliphatic rings. The van der Waals surface area contributed by atoms with E-state index in [2.05, 4.69) is 0 Å². The zero-order chi connectivity index (χ0) is 4.50. The Bertz CT molecular complexity index is 97.2.